The summed E-state index contributed by atoms with van der Waals surface area (Å²) in [6.45, 7) is 0.739. The number of nitrogens with one attached hydrogen (secondary N) is 1. The summed E-state index contributed by atoms with van der Waals surface area (Å²) in [5.41, 5.74) is 0.372. The van der Waals surface area contributed by atoms with Gasteiger partial charge in [-0.25, -0.2) is 27.7 Å². The standard InChI is InChI=1S/C15H13F3N4O3/c1-25-14(23)13-11-6-21(2-3-22(11)7-19-13)15(24)20-8-4-9(16)12(18)10(17)5-8/h4-5,7H,2-3,6H2,1H3,(H,20,24). The number of imidazole rings is 1. The molecule has 2 heterocycles. The van der Waals surface area contributed by atoms with Gasteiger partial charge in [-0.1, -0.05) is 0 Å². The minimum atomic E-state index is -1.61. The van der Waals surface area contributed by atoms with E-state index < -0.39 is 29.5 Å². The van der Waals surface area contributed by atoms with Gasteiger partial charge in [-0.3, -0.25) is 0 Å². The van der Waals surface area contributed by atoms with Gasteiger partial charge in [0.15, 0.2) is 23.1 Å². The SMILES string of the molecule is COC(=O)c1ncn2c1CN(C(=O)Nc1cc(F)c(F)c(F)c1)CC2. The Labute approximate surface area is 140 Å². The number of anilines is 1. The van der Waals surface area contributed by atoms with Gasteiger partial charge >= 0.3 is 12.0 Å². The average Bonchev–Trinajstić information content (AvgIpc) is 3.02. The van der Waals surface area contributed by atoms with Crippen LogP contribution in [0.15, 0.2) is 18.5 Å². The van der Waals surface area contributed by atoms with Crippen molar-refractivity contribution in [1.82, 2.24) is 14.5 Å². The molecule has 0 bridgehead atoms. The summed E-state index contributed by atoms with van der Waals surface area (Å²) < 4.78 is 45.8. The lowest BCUT2D eigenvalue weighted by Crippen LogP contribution is -2.41. The van der Waals surface area contributed by atoms with Gasteiger partial charge in [0.1, 0.15) is 0 Å². The Morgan fingerprint density at radius 3 is 2.52 bits per heavy atom. The number of carbonyl (C=O) groups excluding carboxylic acids is 2. The second-order valence-corrected chi connectivity index (χ2v) is 5.33. The van der Waals surface area contributed by atoms with Crippen LogP contribution in [0.1, 0.15) is 16.2 Å². The first-order chi connectivity index (χ1) is 11.9. The number of methoxy groups -OCH3 is 1. The molecule has 1 N–H and O–H groups in total. The summed E-state index contributed by atoms with van der Waals surface area (Å²) in [5.74, 6) is -5.04. The molecule has 25 heavy (non-hydrogen) atoms. The molecule has 0 atom stereocenters. The van der Waals surface area contributed by atoms with Crippen molar-refractivity contribution in [3.8, 4) is 0 Å². The molecule has 0 spiro atoms. The number of ether oxygens (including phenoxy) is 1. The first-order valence-electron chi connectivity index (χ1n) is 7.23. The van der Waals surface area contributed by atoms with E-state index in [1.54, 1.807) is 4.57 Å². The van der Waals surface area contributed by atoms with Crippen molar-refractivity contribution in [2.24, 2.45) is 0 Å². The van der Waals surface area contributed by atoms with Crippen LogP contribution < -0.4 is 5.32 Å². The van der Waals surface area contributed by atoms with Crippen molar-refractivity contribution in [3.05, 3.63) is 47.3 Å². The van der Waals surface area contributed by atoms with E-state index in [0.29, 0.717) is 30.9 Å². The van der Waals surface area contributed by atoms with Crippen LogP contribution in [0, 0.1) is 17.5 Å². The highest BCUT2D eigenvalue weighted by molar-refractivity contribution is 5.91. The Morgan fingerprint density at radius 2 is 1.88 bits per heavy atom. The molecule has 0 saturated heterocycles. The maximum atomic E-state index is 13.2. The average molecular weight is 354 g/mol. The number of rotatable bonds is 2. The number of amides is 2. The summed E-state index contributed by atoms with van der Waals surface area (Å²) >= 11 is 0. The summed E-state index contributed by atoms with van der Waals surface area (Å²) in [4.78, 5) is 29.3. The fourth-order valence-electron chi connectivity index (χ4n) is 2.53. The third kappa shape index (κ3) is 3.14. The predicted molar refractivity (Wildman–Crippen MR) is 79.3 cm³/mol. The molecular formula is C15H13F3N4O3. The quantitative estimate of drug-likeness (QED) is 0.662. The lowest BCUT2D eigenvalue weighted by molar-refractivity contribution is 0.0591. The van der Waals surface area contributed by atoms with Gasteiger partial charge in [0.25, 0.3) is 0 Å². The Balaban J connectivity index is 1.77. The van der Waals surface area contributed by atoms with Crippen molar-refractivity contribution in [1.29, 1.82) is 0 Å². The fraction of sp³-hybridized carbons (Fsp3) is 0.267. The van der Waals surface area contributed by atoms with Crippen LogP contribution in [0.2, 0.25) is 0 Å². The number of esters is 1. The number of benzene rings is 1. The van der Waals surface area contributed by atoms with Crippen LogP contribution >= 0.6 is 0 Å². The van der Waals surface area contributed by atoms with E-state index in [1.165, 1.54) is 18.3 Å². The van der Waals surface area contributed by atoms with Crippen molar-refractivity contribution in [3.63, 3.8) is 0 Å². The van der Waals surface area contributed by atoms with E-state index in [4.69, 9.17) is 0 Å². The number of carbonyl (C=O) groups is 2. The van der Waals surface area contributed by atoms with Gasteiger partial charge in [0.05, 0.1) is 25.7 Å². The molecule has 0 unspecified atom stereocenters. The van der Waals surface area contributed by atoms with Crippen LogP contribution in [0.4, 0.5) is 23.7 Å². The summed E-state index contributed by atoms with van der Waals surface area (Å²) in [5, 5.41) is 2.30. The van der Waals surface area contributed by atoms with E-state index in [1.807, 2.05) is 0 Å². The number of hydrogen-bond donors (Lipinski definition) is 1. The van der Waals surface area contributed by atoms with Gasteiger partial charge in [0.2, 0.25) is 0 Å². The van der Waals surface area contributed by atoms with E-state index >= 15 is 0 Å². The second-order valence-electron chi connectivity index (χ2n) is 5.33. The zero-order valence-corrected chi connectivity index (χ0v) is 13.1. The molecule has 1 aromatic carbocycles. The summed E-state index contributed by atoms with van der Waals surface area (Å²) in [6.07, 6.45) is 1.47. The molecule has 0 fully saturated rings. The van der Waals surface area contributed by atoms with Crippen molar-refractivity contribution >= 4 is 17.7 Å². The number of aromatic nitrogens is 2. The fourth-order valence-corrected chi connectivity index (χ4v) is 2.53. The zero-order valence-electron chi connectivity index (χ0n) is 13.1. The molecule has 1 aliphatic heterocycles. The zero-order chi connectivity index (χ0) is 18.1. The monoisotopic (exact) mass is 354 g/mol. The predicted octanol–water partition coefficient (Wildman–Crippen LogP) is 2.13. The molecule has 7 nitrogen and oxygen atoms in total. The largest absolute Gasteiger partial charge is 0.464 e. The number of nitrogens with zero attached hydrogens (tertiary/aromatic N) is 3. The molecule has 0 radical (unpaired) electrons. The second kappa shape index (κ2) is 6.46. The van der Waals surface area contributed by atoms with Crippen LogP contribution in [-0.2, 0) is 17.8 Å². The molecule has 2 aromatic rings. The van der Waals surface area contributed by atoms with Gasteiger partial charge in [0, 0.05) is 30.9 Å². The van der Waals surface area contributed by atoms with Crippen LogP contribution in [0.5, 0.6) is 0 Å². The maximum absolute atomic E-state index is 13.2. The van der Waals surface area contributed by atoms with E-state index in [0.717, 1.165) is 0 Å². The highest BCUT2D eigenvalue weighted by Crippen LogP contribution is 2.20. The molecule has 0 aliphatic carbocycles. The summed E-state index contributed by atoms with van der Waals surface area (Å²) in [6, 6.07) is 0.725. The normalized spacial score (nSPS) is 13.4. The highest BCUT2D eigenvalue weighted by Gasteiger charge is 2.27. The molecule has 1 aliphatic rings. The molecule has 3 rings (SSSR count). The number of hydrogen-bond acceptors (Lipinski definition) is 4. The van der Waals surface area contributed by atoms with Gasteiger partial charge in [-0.15, -0.1) is 0 Å². The molecular weight excluding hydrogens is 341 g/mol. The minimum Gasteiger partial charge on any atom is -0.464 e. The minimum absolute atomic E-state index is 0.0580. The van der Waals surface area contributed by atoms with Gasteiger partial charge in [-0.05, 0) is 0 Å². The third-order valence-corrected chi connectivity index (χ3v) is 3.80. The Morgan fingerprint density at radius 1 is 1.20 bits per heavy atom. The number of urea groups is 1. The van der Waals surface area contributed by atoms with Crippen molar-refractivity contribution in [2.75, 3.05) is 19.0 Å². The Kier molecular flexibility index (Phi) is 4.34. The smallest absolute Gasteiger partial charge is 0.358 e. The lowest BCUT2D eigenvalue weighted by atomic mass is 10.2. The van der Waals surface area contributed by atoms with Crippen LogP contribution in [-0.4, -0.2) is 40.1 Å². The third-order valence-electron chi connectivity index (χ3n) is 3.80. The van der Waals surface area contributed by atoms with Gasteiger partial charge < -0.3 is 19.5 Å². The molecule has 1 aromatic heterocycles. The Hall–Kier alpha value is -3.04. The first kappa shape index (κ1) is 16.8. The maximum Gasteiger partial charge on any atom is 0.358 e. The lowest BCUT2D eigenvalue weighted by Gasteiger charge is -2.28. The van der Waals surface area contributed by atoms with Gasteiger partial charge in [-0.2, -0.15) is 0 Å². The van der Waals surface area contributed by atoms with E-state index in [2.05, 4.69) is 15.0 Å². The topological polar surface area (TPSA) is 76.5 Å². The van der Waals surface area contributed by atoms with Crippen LogP contribution in [0.25, 0.3) is 0 Å². The number of halogens is 3. The molecule has 2 amide bonds. The summed E-state index contributed by atoms with van der Waals surface area (Å²) in [7, 11) is 1.22. The highest BCUT2D eigenvalue weighted by atomic mass is 19.2. The number of fused-ring (bicyclic) bond motifs is 1. The first-order valence-corrected chi connectivity index (χ1v) is 7.23. The van der Waals surface area contributed by atoms with Crippen molar-refractivity contribution in [2.45, 2.75) is 13.1 Å². The van der Waals surface area contributed by atoms with E-state index in [-0.39, 0.29) is 17.9 Å². The molecule has 10 heteroatoms. The molecule has 0 saturated carbocycles. The van der Waals surface area contributed by atoms with E-state index in [9.17, 15) is 22.8 Å². The van der Waals surface area contributed by atoms with Crippen LogP contribution in [0.3, 0.4) is 0 Å². The molecule has 132 valence electrons. The van der Waals surface area contributed by atoms with Crippen molar-refractivity contribution < 1.29 is 27.5 Å². The Bertz CT molecular complexity index is 830.